The number of amides is 1. The van der Waals surface area contributed by atoms with Crippen molar-refractivity contribution in [1.82, 2.24) is 4.90 Å². The van der Waals surface area contributed by atoms with Gasteiger partial charge in [-0.2, -0.15) is 0 Å². The van der Waals surface area contributed by atoms with E-state index in [1.54, 1.807) is 36.4 Å². The average molecular weight is 367 g/mol. The lowest BCUT2D eigenvalue weighted by atomic mass is 9.97. The van der Waals surface area contributed by atoms with E-state index >= 15 is 0 Å². The Morgan fingerprint density at radius 2 is 1.50 bits per heavy atom. The zero-order valence-electron chi connectivity index (χ0n) is 14.1. The fourth-order valence-electron chi connectivity index (χ4n) is 3.62. The van der Waals surface area contributed by atoms with Crippen molar-refractivity contribution in [2.45, 2.75) is 17.0 Å². The lowest BCUT2D eigenvalue weighted by molar-refractivity contribution is 0.124. The molecule has 2 aromatic carbocycles. The van der Waals surface area contributed by atoms with Gasteiger partial charge < -0.3 is 4.74 Å². The Bertz CT molecular complexity index is 1010. The second-order valence-electron chi connectivity index (χ2n) is 6.11. The molecule has 0 saturated heterocycles. The molecule has 0 N–H and O–H groups in total. The Morgan fingerprint density at radius 1 is 0.923 bits per heavy atom. The monoisotopic (exact) mass is 367 g/mol. The average Bonchev–Trinajstić information content (AvgIpc) is 3.25. The summed E-state index contributed by atoms with van der Waals surface area (Å²) in [5, 5.41) is 0. The maximum Gasteiger partial charge on any atom is 0.411 e. The van der Waals surface area contributed by atoms with Crippen LogP contribution in [0.1, 0.15) is 5.56 Å². The van der Waals surface area contributed by atoms with Gasteiger partial charge in [0.25, 0.3) is 0 Å². The lowest BCUT2D eigenvalue weighted by Gasteiger charge is -2.22. The third-order valence-corrected chi connectivity index (χ3v) is 6.65. The van der Waals surface area contributed by atoms with E-state index in [2.05, 4.69) is 0 Å². The van der Waals surface area contributed by atoms with Gasteiger partial charge >= 0.3 is 6.09 Å². The Balaban J connectivity index is 1.94. The van der Waals surface area contributed by atoms with Gasteiger partial charge in [0, 0.05) is 5.57 Å². The molecule has 2 aliphatic rings. The first-order valence-corrected chi connectivity index (χ1v) is 9.68. The Morgan fingerprint density at radius 3 is 2.12 bits per heavy atom. The summed E-state index contributed by atoms with van der Waals surface area (Å²) in [6, 6.07) is 16.5. The number of nitrogens with zero attached hydrogens (tertiary/aromatic N) is 1. The van der Waals surface area contributed by atoms with Crippen LogP contribution in [0.25, 0.3) is 5.57 Å². The molecule has 2 heterocycles. The highest BCUT2D eigenvalue weighted by Gasteiger charge is 2.50. The fourth-order valence-corrected chi connectivity index (χ4v) is 5.42. The number of ether oxygens (including phenoxy) is 1. The van der Waals surface area contributed by atoms with Crippen LogP contribution in [0, 0.1) is 0 Å². The van der Waals surface area contributed by atoms with Gasteiger partial charge in [0.15, 0.2) is 0 Å². The molecule has 2 bridgehead atoms. The minimum Gasteiger partial charge on any atom is -0.453 e. The van der Waals surface area contributed by atoms with Gasteiger partial charge in [0.2, 0.25) is 9.84 Å². The number of hydrogen-bond acceptors (Lipinski definition) is 4. The molecule has 132 valence electrons. The van der Waals surface area contributed by atoms with E-state index in [9.17, 15) is 13.2 Å². The van der Waals surface area contributed by atoms with E-state index in [1.165, 1.54) is 12.0 Å². The molecule has 2 atom stereocenters. The van der Waals surface area contributed by atoms with Crippen LogP contribution < -0.4 is 0 Å². The molecule has 26 heavy (non-hydrogen) atoms. The molecular formula is C20H17NO4S. The summed E-state index contributed by atoms with van der Waals surface area (Å²) in [6.07, 6.45) is 3.06. The molecule has 2 aromatic rings. The molecule has 0 saturated carbocycles. The lowest BCUT2D eigenvalue weighted by Crippen LogP contribution is -2.38. The van der Waals surface area contributed by atoms with Gasteiger partial charge in [-0.3, -0.25) is 4.90 Å². The fraction of sp³-hybridized carbons (Fsp3) is 0.150. The molecule has 2 unspecified atom stereocenters. The number of carbonyl (C=O) groups excluding carboxylic acids is 1. The standard InChI is InChI=1S/C20H17NO4S/c1-25-20(22)21-16-12-13-17(21)19(18(16)14-8-4-2-5-9-14)26(23,24)15-10-6-3-7-11-15/h2-13,16-17H,1H3. The second kappa shape index (κ2) is 6.14. The van der Waals surface area contributed by atoms with Crippen molar-refractivity contribution in [3.8, 4) is 0 Å². The Labute approximate surface area is 152 Å². The summed E-state index contributed by atoms with van der Waals surface area (Å²) in [6.45, 7) is 0. The summed E-state index contributed by atoms with van der Waals surface area (Å²) in [5.74, 6) is 0. The predicted octanol–water partition coefficient (Wildman–Crippen LogP) is 3.26. The van der Waals surface area contributed by atoms with Gasteiger partial charge in [0.1, 0.15) is 0 Å². The van der Waals surface area contributed by atoms with Crippen LogP contribution >= 0.6 is 0 Å². The van der Waals surface area contributed by atoms with Crippen molar-refractivity contribution in [1.29, 1.82) is 0 Å². The first kappa shape index (κ1) is 16.6. The van der Waals surface area contributed by atoms with Crippen molar-refractivity contribution in [3.05, 3.63) is 83.3 Å². The van der Waals surface area contributed by atoms with Crippen molar-refractivity contribution < 1.29 is 17.9 Å². The SMILES string of the molecule is COC(=O)N1C2C=CC1C(S(=O)(=O)c1ccccc1)=C2c1ccccc1. The normalized spacial score (nSPS) is 21.3. The summed E-state index contributed by atoms with van der Waals surface area (Å²) < 4.78 is 31.7. The highest BCUT2D eigenvalue weighted by molar-refractivity contribution is 7.95. The number of methoxy groups -OCH3 is 1. The van der Waals surface area contributed by atoms with Crippen LogP contribution in [0.15, 0.2) is 82.6 Å². The quantitative estimate of drug-likeness (QED) is 0.781. The molecule has 0 radical (unpaired) electrons. The maximum atomic E-state index is 13.4. The zero-order valence-corrected chi connectivity index (χ0v) is 14.9. The van der Waals surface area contributed by atoms with Crippen molar-refractivity contribution in [2.24, 2.45) is 0 Å². The van der Waals surface area contributed by atoms with Crippen LogP contribution in [-0.2, 0) is 14.6 Å². The maximum absolute atomic E-state index is 13.4. The van der Waals surface area contributed by atoms with E-state index < -0.39 is 28.0 Å². The second-order valence-corrected chi connectivity index (χ2v) is 8.03. The van der Waals surface area contributed by atoms with Crippen LogP contribution in [0.2, 0.25) is 0 Å². The van der Waals surface area contributed by atoms with Crippen molar-refractivity contribution >= 4 is 21.5 Å². The number of fused-ring (bicyclic) bond motifs is 2. The molecule has 4 rings (SSSR count). The van der Waals surface area contributed by atoms with E-state index in [4.69, 9.17) is 4.74 Å². The molecule has 0 aliphatic carbocycles. The molecule has 0 spiro atoms. The molecular weight excluding hydrogens is 350 g/mol. The zero-order chi connectivity index (χ0) is 18.3. The first-order chi connectivity index (χ1) is 12.6. The van der Waals surface area contributed by atoms with Crippen LogP contribution in [0.4, 0.5) is 4.79 Å². The number of rotatable bonds is 3. The highest BCUT2D eigenvalue weighted by Crippen LogP contribution is 2.46. The van der Waals surface area contributed by atoms with E-state index in [0.717, 1.165) is 5.56 Å². The first-order valence-electron chi connectivity index (χ1n) is 8.20. The van der Waals surface area contributed by atoms with Gasteiger partial charge in [-0.1, -0.05) is 60.7 Å². The largest absolute Gasteiger partial charge is 0.453 e. The predicted molar refractivity (Wildman–Crippen MR) is 97.9 cm³/mol. The summed E-state index contributed by atoms with van der Waals surface area (Å²) >= 11 is 0. The van der Waals surface area contributed by atoms with Gasteiger partial charge in [-0.25, -0.2) is 13.2 Å². The van der Waals surface area contributed by atoms with Gasteiger partial charge in [0.05, 0.1) is 29.0 Å². The van der Waals surface area contributed by atoms with E-state index in [0.29, 0.717) is 5.57 Å². The van der Waals surface area contributed by atoms with Crippen LogP contribution in [-0.4, -0.2) is 38.6 Å². The topological polar surface area (TPSA) is 63.7 Å². The molecule has 5 nitrogen and oxygen atoms in total. The van der Waals surface area contributed by atoms with E-state index in [-0.39, 0.29) is 9.80 Å². The minimum atomic E-state index is -3.76. The minimum absolute atomic E-state index is 0.217. The summed E-state index contributed by atoms with van der Waals surface area (Å²) in [7, 11) is -2.46. The summed E-state index contributed by atoms with van der Waals surface area (Å²) in [4.78, 5) is 14.2. The highest BCUT2D eigenvalue weighted by atomic mass is 32.2. The molecule has 1 amide bonds. The Kier molecular flexibility index (Phi) is 3.92. The van der Waals surface area contributed by atoms with Crippen molar-refractivity contribution in [3.63, 3.8) is 0 Å². The number of benzene rings is 2. The number of carbonyl (C=O) groups is 1. The molecule has 0 fully saturated rings. The number of hydrogen-bond donors (Lipinski definition) is 0. The number of sulfone groups is 1. The van der Waals surface area contributed by atoms with Gasteiger partial charge in [-0.15, -0.1) is 0 Å². The molecule has 2 aliphatic heterocycles. The molecule has 6 heteroatoms. The third kappa shape index (κ3) is 2.37. The Hall–Kier alpha value is -2.86. The van der Waals surface area contributed by atoms with Crippen LogP contribution in [0.3, 0.4) is 0 Å². The van der Waals surface area contributed by atoms with E-state index in [1.807, 2.05) is 36.4 Å². The molecule has 0 aromatic heterocycles. The van der Waals surface area contributed by atoms with Crippen LogP contribution in [0.5, 0.6) is 0 Å². The van der Waals surface area contributed by atoms with Crippen molar-refractivity contribution in [2.75, 3.05) is 7.11 Å². The van der Waals surface area contributed by atoms with Gasteiger partial charge in [-0.05, 0) is 17.7 Å². The summed E-state index contributed by atoms with van der Waals surface area (Å²) in [5.41, 5.74) is 1.42. The smallest absolute Gasteiger partial charge is 0.411 e. The third-order valence-electron chi connectivity index (χ3n) is 4.72.